The third-order valence-corrected chi connectivity index (χ3v) is 7.67. The van der Waals surface area contributed by atoms with E-state index < -0.39 is 0 Å². The molecule has 0 radical (unpaired) electrons. The van der Waals surface area contributed by atoms with Gasteiger partial charge in [-0.2, -0.15) is 0 Å². The molecule has 0 atom stereocenters. The number of hydrogen-bond acceptors (Lipinski definition) is 6. The van der Waals surface area contributed by atoms with Crippen LogP contribution in [0.1, 0.15) is 63.6 Å². The zero-order valence-corrected chi connectivity index (χ0v) is 20.9. The largest absolute Gasteiger partial charge is 0.493 e. The Kier molecular flexibility index (Phi) is 6.39. The number of aromatic nitrogens is 1. The highest BCUT2D eigenvalue weighted by Crippen LogP contribution is 2.42. The van der Waals surface area contributed by atoms with Crippen LogP contribution in [0.4, 0.5) is 0 Å². The normalized spacial score (nSPS) is 13.1. The SMILES string of the molecule is COc1ccc(C(=O)CCC(=O)c2cc(C3CC3)cc(-c3csc4c(C)cccc34)n2)cc1OC. The number of aryl methyl sites for hydroxylation is 1. The summed E-state index contributed by atoms with van der Waals surface area (Å²) in [5.41, 5.74) is 5.23. The monoisotopic (exact) mass is 485 g/mol. The van der Waals surface area contributed by atoms with Gasteiger partial charge in [0.25, 0.3) is 0 Å². The summed E-state index contributed by atoms with van der Waals surface area (Å²) in [7, 11) is 3.08. The summed E-state index contributed by atoms with van der Waals surface area (Å²) in [5.74, 6) is 1.31. The molecule has 1 aliphatic carbocycles. The molecule has 2 aromatic carbocycles. The summed E-state index contributed by atoms with van der Waals surface area (Å²) in [6.07, 6.45) is 2.49. The van der Waals surface area contributed by atoms with E-state index in [2.05, 4.69) is 36.6 Å². The fraction of sp³-hybridized carbons (Fsp3) is 0.276. The number of pyridine rings is 1. The summed E-state index contributed by atoms with van der Waals surface area (Å²) in [4.78, 5) is 30.8. The second kappa shape index (κ2) is 9.62. The molecule has 35 heavy (non-hydrogen) atoms. The lowest BCUT2D eigenvalue weighted by molar-refractivity contribution is 0.0915. The van der Waals surface area contributed by atoms with E-state index >= 15 is 0 Å². The van der Waals surface area contributed by atoms with Crippen molar-refractivity contribution in [2.45, 2.75) is 38.5 Å². The van der Waals surface area contributed by atoms with Crippen LogP contribution < -0.4 is 9.47 Å². The maximum Gasteiger partial charge on any atom is 0.181 e. The number of carbonyl (C=O) groups excluding carboxylic acids is 2. The van der Waals surface area contributed by atoms with Gasteiger partial charge in [0.05, 0.1) is 19.9 Å². The summed E-state index contributed by atoms with van der Waals surface area (Å²) < 4.78 is 11.8. The molecule has 0 aliphatic heterocycles. The van der Waals surface area contributed by atoms with Crippen molar-refractivity contribution in [3.63, 3.8) is 0 Å². The van der Waals surface area contributed by atoms with Crippen molar-refractivity contribution < 1.29 is 19.1 Å². The first-order chi connectivity index (χ1) is 17.0. The Morgan fingerprint density at radius 3 is 2.49 bits per heavy atom. The number of benzene rings is 2. The van der Waals surface area contributed by atoms with Crippen LogP contribution in [0, 0.1) is 6.92 Å². The van der Waals surface area contributed by atoms with Gasteiger partial charge >= 0.3 is 0 Å². The van der Waals surface area contributed by atoms with Crippen molar-refractivity contribution in [1.82, 2.24) is 4.98 Å². The summed E-state index contributed by atoms with van der Waals surface area (Å²) in [6, 6.07) is 15.4. The van der Waals surface area contributed by atoms with Crippen molar-refractivity contribution in [3.05, 3.63) is 76.3 Å². The number of carbonyl (C=O) groups is 2. The molecule has 5 nitrogen and oxygen atoms in total. The molecule has 6 heteroatoms. The van der Waals surface area contributed by atoms with Crippen LogP contribution in [0.3, 0.4) is 0 Å². The molecular weight excluding hydrogens is 458 g/mol. The van der Waals surface area contributed by atoms with Crippen molar-refractivity contribution >= 4 is 33.0 Å². The third-order valence-electron chi connectivity index (χ3n) is 6.54. The minimum absolute atomic E-state index is 0.108. The molecule has 1 saturated carbocycles. The topological polar surface area (TPSA) is 65.5 Å². The maximum absolute atomic E-state index is 13.2. The number of fused-ring (bicyclic) bond motifs is 1. The van der Waals surface area contributed by atoms with Gasteiger partial charge in [-0.05, 0) is 67.1 Å². The Morgan fingerprint density at radius 2 is 1.74 bits per heavy atom. The smallest absolute Gasteiger partial charge is 0.181 e. The highest BCUT2D eigenvalue weighted by molar-refractivity contribution is 7.18. The van der Waals surface area contributed by atoms with Crippen molar-refractivity contribution in [2.75, 3.05) is 14.2 Å². The van der Waals surface area contributed by atoms with E-state index in [0.29, 0.717) is 28.7 Å². The zero-order chi connectivity index (χ0) is 24.5. The molecule has 178 valence electrons. The minimum Gasteiger partial charge on any atom is -0.493 e. The summed E-state index contributed by atoms with van der Waals surface area (Å²) >= 11 is 1.71. The lowest BCUT2D eigenvalue weighted by atomic mass is 10.00. The lowest BCUT2D eigenvalue weighted by Crippen LogP contribution is -2.08. The van der Waals surface area contributed by atoms with E-state index in [4.69, 9.17) is 14.5 Å². The number of methoxy groups -OCH3 is 2. The Labute approximate surface area is 208 Å². The first kappa shape index (κ1) is 23.2. The van der Waals surface area contributed by atoms with Crippen molar-refractivity contribution in [2.24, 2.45) is 0 Å². The highest BCUT2D eigenvalue weighted by Gasteiger charge is 2.26. The number of ether oxygens (including phenoxy) is 2. The standard InChI is InChI=1S/C29H27NO4S/c1-17-5-4-6-21-22(16-35-29(17)21)23-13-20(18-7-8-18)14-24(30-23)26(32)11-10-25(31)19-9-12-27(33-2)28(15-19)34-3/h4-6,9,12-16,18H,7-8,10-11H2,1-3H3. The molecule has 4 aromatic rings. The Morgan fingerprint density at radius 1 is 0.971 bits per heavy atom. The van der Waals surface area contributed by atoms with E-state index in [1.54, 1.807) is 36.6 Å². The van der Waals surface area contributed by atoms with Gasteiger partial charge in [-0.15, -0.1) is 11.3 Å². The predicted octanol–water partition coefficient (Wildman–Crippen LogP) is 7.01. The summed E-state index contributed by atoms with van der Waals surface area (Å²) in [6.45, 7) is 2.11. The first-order valence-corrected chi connectivity index (χ1v) is 12.6. The molecule has 1 aliphatic rings. The molecule has 2 heterocycles. The second-order valence-corrected chi connectivity index (χ2v) is 9.84. The van der Waals surface area contributed by atoms with Crippen molar-refractivity contribution in [1.29, 1.82) is 0 Å². The second-order valence-electron chi connectivity index (χ2n) is 8.96. The Hall–Kier alpha value is -3.51. The Bertz CT molecular complexity index is 1430. The van der Waals surface area contributed by atoms with Crippen LogP contribution in [0.5, 0.6) is 11.5 Å². The average Bonchev–Trinajstić information content (AvgIpc) is 3.65. The molecule has 2 aromatic heterocycles. The number of thiophene rings is 1. The molecule has 0 saturated heterocycles. The molecule has 0 amide bonds. The molecule has 0 bridgehead atoms. The quantitative estimate of drug-likeness (QED) is 0.239. The molecule has 0 unspecified atom stereocenters. The molecule has 0 N–H and O–H groups in total. The first-order valence-electron chi connectivity index (χ1n) is 11.8. The van der Waals surface area contributed by atoms with Gasteiger partial charge in [0.15, 0.2) is 23.1 Å². The van der Waals surface area contributed by atoms with E-state index in [1.165, 1.54) is 17.4 Å². The Balaban J connectivity index is 1.39. The predicted molar refractivity (Wildman–Crippen MR) is 139 cm³/mol. The number of Topliss-reactive ketones (excluding diaryl/α,β-unsaturated/α-hetero) is 2. The van der Waals surface area contributed by atoms with Crippen LogP contribution in [0.15, 0.2) is 53.9 Å². The van der Waals surface area contributed by atoms with Crippen LogP contribution in [-0.4, -0.2) is 30.8 Å². The van der Waals surface area contributed by atoms with Crippen LogP contribution >= 0.6 is 11.3 Å². The van der Waals surface area contributed by atoms with E-state index in [9.17, 15) is 9.59 Å². The third kappa shape index (κ3) is 4.71. The molecular formula is C29H27NO4S. The van der Waals surface area contributed by atoms with E-state index in [-0.39, 0.29) is 24.4 Å². The molecule has 0 spiro atoms. The number of hydrogen-bond donors (Lipinski definition) is 0. The minimum atomic E-state index is -0.114. The van der Waals surface area contributed by atoms with E-state index in [0.717, 1.165) is 35.0 Å². The van der Waals surface area contributed by atoms with Crippen LogP contribution in [0.25, 0.3) is 21.3 Å². The van der Waals surface area contributed by atoms with Crippen LogP contribution in [-0.2, 0) is 0 Å². The maximum atomic E-state index is 13.2. The lowest BCUT2D eigenvalue weighted by Gasteiger charge is -2.10. The summed E-state index contributed by atoms with van der Waals surface area (Å²) in [5, 5.41) is 3.29. The van der Waals surface area contributed by atoms with Crippen molar-refractivity contribution in [3.8, 4) is 22.8 Å². The highest BCUT2D eigenvalue weighted by atomic mass is 32.1. The van der Waals surface area contributed by atoms with Gasteiger partial charge < -0.3 is 9.47 Å². The van der Waals surface area contributed by atoms with E-state index in [1.807, 2.05) is 6.07 Å². The van der Waals surface area contributed by atoms with Crippen LogP contribution in [0.2, 0.25) is 0 Å². The van der Waals surface area contributed by atoms with Gasteiger partial charge in [-0.1, -0.05) is 18.2 Å². The van der Waals surface area contributed by atoms with Gasteiger partial charge in [0, 0.05) is 39.4 Å². The average molecular weight is 486 g/mol. The number of rotatable bonds is 9. The van der Waals surface area contributed by atoms with Gasteiger partial charge in [-0.25, -0.2) is 4.98 Å². The molecule has 1 fully saturated rings. The van der Waals surface area contributed by atoms with Gasteiger partial charge in [-0.3, -0.25) is 9.59 Å². The molecule has 5 rings (SSSR count). The zero-order valence-electron chi connectivity index (χ0n) is 20.1. The fourth-order valence-corrected chi connectivity index (χ4v) is 5.44. The van der Waals surface area contributed by atoms with Gasteiger partial charge in [0.2, 0.25) is 0 Å². The number of nitrogens with zero attached hydrogens (tertiary/aromatic N) is 1. The van der Waals surface area contributed by atoms with Gasteiger partial charge in [0.1, 0.15) is 5.69 Å². The number of ketones is 2. The fourth-order valence-electron chi connectivity index (χ4n) is 4.39.